The van der Waals surface area contributed by atoms with Crippen LogP contribution in [0.4, 0.5) is 0 Å². The van der Waals surface area contributed by atoms with Crippen LogP contribution in [-0.2, 0) is 20.7 Å². The minimum atomic E-state index is -0.338. The number of H-pyrrole nitrogens is 1. The highest BCUT2D eigenvalue weighted by molar-refractivity contribution is 5.76. The minimum absolute atomic E-state index is 0.241. The third kappa shape index (κ3) is 5.89. The molecule has 0 aliphatic carbocycles. The number of hydrogen-bond acceptors (Lipinski definition) is 3. The predicted octanol–water partition coefficient (Wildman–Crippen LogP) is 1.07. The van der Waals surface area contributed by atoms with Crippen molar-refractivity contribution in [2.75, 3.05) is 20.5 Å². The van der Waals surface area contributed by atoms with E-state index in [2.05, 4.69) is 4.98 Å². The number of carbonyl (C=O) groups excluding carboxylic acids is 1. The van der Waals surface area contributed by atoms with E-state index in [-0.39, 0.29) is 12.3 Å². The van der Waals surface area contributed by atoms with E-state index in [1.165, 1.54) is 0 Å². The SMILES string of the molecule is COCOCC/C=C\c1ccc(CC(N)=O)[nH]1. The quantitative estimate of drug-likeness (QED) is 0.525. The second-order valence-corrected chi connectivity index (χ2v) is 3.59. The van der Waals surface area contributed by atoms with Gasteiger partial charge in [0.05, 0.1) is 13.0 Å². The maximum absolute atomic E-state index is 10.7. The Morgan fingerprint density at radius 2 is 2.35 bits per heavy atom. The second kappa shape index (κ2) is 7.65. The number of amides is 1. The highest BCUT2D eigenvalue weighted by atomic mass is 16.7. The van der Waals surface area contributed by atoms with Crippen molar-refractivity contribution in [3.05, 3.63) is 29.6 Å². The van der Waals surface area contributed by atoms with Gasteiger partial charge in [-0.05, 0) is 24.6 Å². The Hall–Kier alpha value is -1.59. The zero-order valence-corrected chi connectivity index (χ0v) is 9.94. The van der Waals surface area contributed by atoms with E-state index in [0.29, 0.717) is 13.4 Å². The lowest BCUT2D eigenvalue weighted by Gasteiger charge is -1.98. The summed E-state index contributed by atoms with van der Waals surface area (Å²) < 4.78 is 9.88. The van der Waals surface area contributed by atoms with E-state index in [1.54, 1.807) is 7.11 Å². The molecule has 0 aromatic carbocycles. The Balaban J connectivity index is 2.28. The molecule has 5 nitrogen and oxygen atoms in total. The van der Waals surface area contributed by atoms with Crippen LogP contribution in [0.1, 0.15) is 17.8 Å². The smallest absolute Gasteiger partial charge is 0.223 e. The number of hydrogen-bond donors (Lipinski definition) is 2. The van der Waals surface area contributed by atoms with Gasteiger partial charge < -0.3 is 20.2 Å². The van der Waals surface area contributed by atoms with Gasteiger partial charge in [-0.1, -0.05) is 6.08 Å². The zero-order chi connectivity index (χ0) is 12.5. The van der Waals surface area contributed by atoms with Crippen molar-refractivity contribution < 1.29 is 14.3 Å². The van der Waals surface area contributed by atoms with Crippen LogP contribution in [0.2, 0.25) is 0 Å². The van der Waals surface area contributed by atoms with Crippen LogP contribution in [-0.4, -0.2) is 31.4 Å². The maximum Gasteiger partial charge on any atom is 0.223 e. The van der Waals surface area contributed by atoms with Crippen molar-refractivity contribution in [1.29, 1.82) is 0 Å². The first-order chi connectivity index (χ1) is 8.22. The normalized spacial score (nSPS) is 11.1. The topological polar surface area (TPSA) is 77.3 Å². The summed E-state index contributed by atoms with van der Waals surface area (Å²) in [5.41, 5.74) is 6.88. The van der Waals surface area contributed by atoms with Gasteiger partial charge in [-0.15, -0.1) is 0 Å². The largest absolute Gasteiger partial charge is 0.369 e. The van der Waals surface area contributed by atoms with Crippen molar-refractivity contribution in [2.45, 2.75) is 12.8 Å². The van der Waals surface area contributed by atoms with E-state index >= 15 is 0 Å². The molecule has 17 heavy (non-hydrogen) atoms. The lowest BCUT2D eigenvalue weighted by Crippen LogP contribution is -2.13. The van der Waals surface area contributed by atoms with Crippen molar-refractivity contribution in [3.63, 3.8) is 0 Å². The van der Waals surface area contributed by atoms with Gasteiger partial charge in [0.25, 0.3) is 0 Å². The summed E-state index contributed by atoms with van der Waals surface area (Å²) in [6.45, 7) is 0.943. The molecule has 1 aromatic rings. The van der Waals surface area contributed by atoms with Gasteiger partial charge in [-0.2, -0.15) is 0 Å². The molecule has 1 amide bonds. The van der Waals surface area contributed by atoms with Crippen molar-refractivity contribution in [3.8, 4) is 0 Å². The monoisotopic (exact) mass is 238 g/mol. The van der Waals surface area contributed by atoms with Crippen LogP contribution in [0.15, 0.2) is 18.2 Å². The van der Waals surface area contributed by atoms with Gasteiger partial charge >= 0.3 is 0 Å². The molecule has 0 spiro atoms. The molecule has 1 heterocycles. The van der Waals surface area contributed by atoms with Crippen molar-refractivity contribution >= 4 is 12.0 Å². The summed E-state index contributed by atoms with van der Waals surface area (Å²) in [4.78, 5) is 13.8. The fraction of sp³-hybridized carbons (Fsp3) is 0.417. The molecular weight excluding hydrogens is 220 g/mol. The number of ether oxygens (including phenoxy) is 2. The van der Waals surface area contributed by atoms with Gasteiger partial charge in [-0.3, -0.25) is 4.79 Å². The van der Waals surface area contributed by atoms with E-state index in [0.717, 1.165) is 17.8 Å². The fourth-order valence-corrected chi connectivity index (χ4v) is 1.35. The molecule has 0 saturated heterocycles. The Kier molecular flexibility index (Phi) is 6.06. The molecule has 0 fully saturated rings. The number of carbonyl (C=O) groups is 1. The molecule has 0 radical (unpaired) electrons. The lowest BCUT2D eigenvalue weighted by molar-refractivity contribution is -0.117. The average molecular weight is 238 g/mol. The highest BCUT2D eigenvalue weighted by Gasteiger charge is 1.99. The third-order valence-electron chi connectivity index (χ3n) is 2.06. The van der Waals surface area contributed by atoms with Crippen LogP contribution in [0.25, 0.3) is 6.08 Å². The Bertz CT molecular complexity index is 372. The number of rotatable bonds is 8. The first kappa shape index (κ1) is 13.5. The summed E-state index contributed by atoms with van der Waals surface area (Å²) in [6.07, 6.45) is 4.99. The molecule has 94 valence electrons. The standard InChI is InChI=1S/C12H18N2O3/c1-16-9-17-7-3-2-4-10-5-6-11(14-10)8-12(13)15/h2,4-6,14H,3,7-9H2,1H3,(H2,13,15)/b4-2-. The van der Waals surface area contributed by atoms with Gasteiger partial charge in [0.15, 0.2) is 0 Å². The summed E-state index contributed by atoms with van der Waals surface area (Å²) in [6, 6.07) is 3.76. The first-order valence-corrected chi connectivity index (χ1v) is 5.42. The van der Waals surface area contributed by atoms with Crippen molar-refractivity contribution in [1.82, 2.24) is 4.98 Å². The molecule has 0 aliphatic rings. The second-order valence-electron chi connectivity index (χ2n) is 3.59. The van der Waals surface area contributed by atoms with Gasteiger partial charge in [0.1, 0.15) is 6.79 Å². The Morgan fingerprint density at radius 3 is 3.06 bits per heavy atom. The fourth-order valence-electron chi connectivity index (χ4n) is 1.35. The summed E-state index contributed by atoms with van der Waals surface area (Å²) >= 11 is 0. The summed E-state index contributed by atoms with van der Waals surface area (Å²) in [5.74, 6) is -0.338. The van der Waals surface area contributed by atoms with Crippen molar-refractivity contribution in [2.24, 2.45) is 5.73 Å². The first-order valence-electron chi connectivity index (χ1n) is 5.42. The van der Waals surface area contributed by atoms with E-state index in [9.17, 15) is 4.79 Å². The van der Waals surface area contributed by atoms with Gasteiger partial charge in [-0.25, -0.2) is 0 Å². The number of aromatic nitrogens is 1. The van der Waals surface area contributed by atoms with Gasteiger partial charge in [0.2, 0.25) is 5.91 Å². The number of primary amides is 1. The number of nitrogens with two attached hydrogens (primary N) is 1. The molecule has 1 aromatic heterocycles. The van der Waals surface area contributed by atoms with Crippen LogP contribution >= 0.6 is 0 Å². The zero-order valence-electron chi connectivity index (χ0n) is 9.94. The molecule has 0 bridgehead atoms. The molecule has 0 aliphatic heterocycles. The number of nitrogens with one attached hydrogen (secondary N) is 1. The van der Waals surface area contributed by atoms with Crippen LogP contribution in [0.3, 0.4) is 0 Å². The third-order valence-corrected chi connectivity index (χ3v) is 2.06. The maximum atomic E-state index is 10.7. The van der Waals surface area contributed by atoms with E-state index in [1.807, 2.05) is 24.3 Å². The number of methoxy groups -OCH3 is 1. The molecule has 1 rings (SSSR count). The highest BCUT2D eigenvalue weighted by Crippen LogP contribution is 2.05. The molecule has 3 N–H and O–H groups in total. The van der Waals surface area contributed by atoms with Crippen LogP contribution in [0, 0.1) is 0 Å². The Labute approximate surface area is 101 Å². The molecule has 5 heteroatoms. The average Bonchev–Trinajstić information content (AvgIpc) is 2.70. The van der Waals surface area contributed by atoms with Gasteiger partial charge in [0, 0.05) is 18.5 Å². The summed E-state index contributed by atoms with van der Waals surface area (Å²) in [7, 11) is 1.59. The molecule has 0 saturated carbocycles. The predicted molar refractivity (Wildman–Crippen MR) is 65.2 cm³/mol. The minimum Gasteiger partial charge on any atom is -0.369 e. The number of aromatic amines is 1. The molecular formula is C12H18N2O3. The molecule has 0 unspecified atom stereocenters. The Morgan fingerprint density at radius 1 is 1.53 bits per heavy atom. The van der Waals surface area contributed by atoms with Crippen LogP contribution < -0.4 is 5.73 Å². The summed E-state index contributed by atoms with van der Waals surface area (Å²) in [5, 5.41) is 0. The lowest BCUT2D eigenvalue weighted by atomic mass is 10.3. The van der Waals surface area contributed by atoms with E-state index in [4.69, 9.17) is 15.2 Å². The van der Waals surface area contributed by atoms with E-state index < -0.39 is 0 Å². The van der Waals surface area contributed by atoms with Crippen LogP contribution in [0.5, 0.6) is 0 Å². The molecule has 0 atom stereocenters.